The molecule has 0 aliphatic carbocycles. The van der Waals surface area contributed by atoms with Gasteiger partial charge in [-0.05, 0) is 78.4 Å². The van der Waals surface area contributed by atoms with Gasteiger partial charge in [0.05, 0.1) is 17.8 Å². The molecule has 0 bridgehead atoms. The Hall–Kier alpha value is -1.93. The molecular weight excluding hydrogens is 424 g/mol. The molecule has 184 valence electrons. The van der Waals surface area contributed by atoms with E-state index in [4.69, 9.17) is 18.8 Å². The Balaban J connectivity index is 2.12. The number of amides is 1. The first-order valence-corrected chi connectivity index (χ1v) is 11.5. The van der Waals surface area contributed by atoms with Crippen LogP contribution in [0.15, 0.2) is 23.2 Å². The third-order valence-electron chi connectivity index (χ3n) is 5.79. The number of hydrogen-bond donors (Lipinski definition) is 0. The van der Waals surface area contributed by atoms with E-state index in [9.17, 15) is 9.18 Å². The van der Waals surface area contributed by atoms with E-state index < -0.39 is 41.2 Å². The standard InChI is InChI=1S/C25H39BFNO5/c1-17(2)14-25(10,15-28-21(29)31-22(3,4)5)16-30-20-12-11-18(13-19(20)27)26-32-23(6,7)24(8,9)33-26/h11-13,15,17H,14,16H2,1-10H3/t25-/m1/s1. The molecule has 1 saturated heterocycles. The Morgan fingerprint density at radius 1 is 1.15 bits per heavy atom. The van der Waals surface area contributed by atoms with Gasteiger partial charge in [0.15, 0.2) is 11.6 Å². The fourth-order valence-corrected chi connectivity index (χ4v) is 3.58. The van der Waals surface area contributed by atoms with Gasteiger partial charge in [-0.15, -0.1) is 0 Å². The minimum Gasteiger partial charge on any atom is -0.490 e. The topological polar surface area (TPSA) is 66.4 Å². The van der Waals surface area contributed by atoms with Crippen LogP contribution in [0.5, 0.6) is 5.75 Å². The minimum atomic E-state index is -0.657. The number of benzene rings is 1. The lowest BCUT2D eigenvalue weighted by atomic mass is 9.79. The van der Waals surface area contributed by atoms with Crippen LogP contribution in [0.25, 0.3) is 0 Å². The van der Waals surface area contributed by atoms with Crippen molar-refractivity contribution in [1.29, 1.82) is 0 Å². The number of carbonyl (C=O) groups excluding carboxylic acids is 1. The SMILES string of the molecule is CC(C)C[C@](C)(C=NC(=O)OC(C)(C)C)COc1ccc(B2OC(C)(C)C(C)(C)O2)cc1F. The molecule has 1 atom stereocenters. The van der Waals surface area contributed by atoms with E-state index in [1.54, 1.807) is 39.1 Å². The van der Waals surface area contributed by atoms with Crippen LogP contribution < -0.4 is 10.2 Å². The normalized spacial score (nSPS) is 19.7. The smallest absolute Gasteiger partial charge is 0.490 e. The highest BCUT2D eigenvalue weighted by Gasteiger charge is 2.51. The lowest BCUT2D eigenvalue weighted by molar-refractivity contribution is 0.00578. The molecular formula is C25H39BFNO5. The van der Waals surface area contributed by atoms with E-state index in [2.05, 4.69) is 18.8 Å². The number of rotatable bonds is 7. The van der Waals surface area contributed by atoms with Gasteiger partial charge in [-0.2, -0.15) is 4.99 Å². The van der Waals surface area contributed by atoms with E-state index in [0.29, 0.717) is 17.8 Å². The second-order valence-electron chi connectivity index (χ2n) is 11.6. The lowest BCUT2D eigenvalue weighted by Crippen LogP contribution is -2.41. The van der Waals surface area contributed by atoms with Gasteiger partial charge in [0.1, 0.15) is 5.60 Å². The van der Waals surface area contributed by atoms with E-state index in [-0.39, 0.29) is 12.4 Å². The van der Waals surface area contributed by atoms with Crippen molar-refractivity contribution < 1.29 is 28.0 Å². The lowest BCUT2D eigenvalue weighted by Gasteiger charge is -2.32. The van der Waals surface area contributed by atoms with E-state index in [0.717, 1.165) is 0 Å². The van der Waals surface area contributed by atoms with Crippen molar-refractivity contribution in [3.05, 3.63) is 24.0 Å². The number of halogens is 1. The molecule has 1 heterocycles. The Morgan fingerprint density at radius 3 is 2.21 bits per heavy atom. The molecule has 2 rings (SSSR count). The predicted octanol–water partition coefficient (Wildman–Crippen LogP) is 5.56. The van der Waals surface area contributed by atoms with Gasteiger partial charge >= 0.3 is 13.2 Å². The van der Waals surface area contributed by atoms with Gasteiger partial charge in [-0.1, -0.05) is 26.8 Å². The molecule has 0 spiro atoms. The van der Waals surface area contributed by atoms with Crippen LogP contribution in [0.1, 0.15) is 75.7 Å². The maximum atomic E-state index is 14.9. The van der Waals surface area contributed by atoms with Crippen LogP contribution in [0, 0.1) is 17.2 Å². The Bertz CT molecular complexity index is 862. The summed E-state index contributed by atoms with van der Waals surface area (Å²) in [5.41, 5.74) is -1.62. The summed E-state index contributed by atoms with van der Waals surface area (Å²) < 4.78 is 38.0. The zero-order valence-corrected chi connectivity index (χ0v) is 21.7. The van der Waals surface area contributed by atoms with Crippen LogP contribution >= 0.6 is 0 Å². The van der Waals surface area contributed by atoms with Gasteiger partial charge in [0.25, 0.3) is 0 Å². The quantitative estimate of drug-likeness (QED) is 0.391. The minimum absolute atomic E-state index is 0.121. The Labute approximate surface area is 198 Å². The molecule has 0 unspecified atom stereocenters. The Morgan fingerprint density at radius 2 is 1.73 bits per heavy atom. The highest BCUT2D eigenvalue weighted by molar-refractivity contribution is 6.62. The van der Waals surface area contributed by atoms with Gasteiger partial charge in [-0.25, -0.2) is 9.18 Å². The van der Waals surface area contributed by atoms with Crippen LogP contribution in [-0.2, 0) is 14.0 Å². The number of carbonyl (C=O) groups is 1. The Kier molecular flexibility index (Phi) is 8.07. The monoisotopic (exact) mass is 463 g/mol. The first-order chi connectivity index (χ1) is 14.9. The maximum Gasteiger partial charge on any atom is 0.494 e. The van der Waals surface area contributed by atoms with Gasteiger partial charge in [0.2, 0.25) is 0 Å². The second kappa shape index (κ2) is 9.75. The van der Waals surface area contributed by atoms with Crippen molar-refractivity contribution in [2.75, 3.05) is 6.61 Å². The molecule has 1 aromatic carbocycles. The highest BCUT2D eigenvalue weighted by Crippen LogP contribution is 2.36. The molecule has 1 aliphatic rings. The zero-order chi connectivity index (χ0) is 25.2. The fraction of sp³-hybridized carbons (Fsp3) is 0.680. The molecule has 1 amide bonds. The molecule has 0 radical (unpaired) electrons. The van der Waals surface area contributed by atoms with Gasteiger partial charge in [-0.3, -0.25) is 0 Å². The first-order valence-electron chi connectivity index (χ1n) is 11.5. The summed E-state index contributed by atoms with van der Waals surface area (Å²) in [7, 11) is -0.647. The van der Waals surface area contributed by atoms with Gasteiger partial charge in [0, 0.05) is 11.6 Å². The summed E-state index contributed by atoms with van der Waals surface area (Å²) >= 11 is 0. The van der Waals surface area contributed by atoms with Crippen molar-refractivity contribution in [2.45, 2.75) is 92.5 Å². The van der Waals surface area contributed by atoms with E-state index in [1.165, 1.54) is 6.07 Å². The molecule has 1 fully saturated rings. The van der Waals surface area contributed by atoms with Crippen molar-refractivity contribution in [3.63, 3.8) is 0 Å². The van der Waals surface area contributed by atoms with Crippen molar-refractivity contribution in [1.82, 2.24) is 0 Å². The first kappa shape index (κ1) is 27.3. The third kappa shape index (κ3) is 7.54. The number of hydrogen-bond acceptors (Lipinski definition) is 5. The van der Waals surface area contributed by atoms with Crippen LogP contribution in [0.3, 0.4) is 0 Å². The number of nitrogens with zero attached hydrogens (tertiary/aromatic N) is 1. The summed E-state index contributed by atoms with van der Waals surface area (Å²) in [6.45, 7) is 19.4. The average Bonchev–Trinajstić information content (AvgIpc) is 2.84. The zero-order valence-electron chi connectivity index (χ0n) is 21.7. The van der Waals surface area contributed by atoms with E-state index in [1.807, 2.05) is 34.6 Å². The van der Waals surface area contributed by atoms with Crippen LogP contribution in [0.4, 0.5) is 9.18 Å². The van der Waals surface area contributed by atoms with Crippen molar-refractivity contribution in [3.8, 4) is 5.75 Å². The van der Waals surface area contributed by atoms with E-state index >= 15 is 0 Å². The van der Waals surface area contributed by atoms with Crippen molar-refractivity contribution >= 4 is 24.9 Å². The molecule has 0 N–H and O–H groups in total. The van der Waals surface area contributed by atoms with Crippen molar-refractivity contribution in [2.24, 2.45) is 16.3 Å². The fourth-order valence-electron chi connectivity index (χ4n) is 3.58. The summed E-state index contributed by atoms with van der Waals surface area (Å²) in [5.74, 6) is -0.0617. The largest absolute Gasteiger partial charge is 0.494 e. The molecule has 1 aliphatic heterocycles. The molecule has 1 aromatic rings. The summed E-state index contributed by atoms with van der Waals surface area (Å²) in [4.78, 5) is 16.0. The summed E-state index contributed by atoms with van der Waals surface area (Å²) in [5, 5.41) is 0. The number of aliphatic imine (C=N–C) groups is 1. The van der Waals surface area contributed by atoms with Crippen LogP contribution in [0.2, 0.25) is 0 Å². The van der Waals surface area contributed by atoms with Gasteiger partial charge < -0.3 is 18.8 Å². The predicted molar refractivity (Wildman–Crippen MR) is 130 cm³/mol. The molecule has 8 heteroatoms. The summed E-state index contributed by atoms with van der Waals surface area (Å²) in [6.07, 6.45) is 1.60. The highest BCUT2D eigenvalue weighted by atomic mass is 19.1. The average molecular weight is 463 g/mol. The number of ether oxygens (including phenoxy) is 2. The van der Waals surface area contributed by atoms with Crippen LogP contribution in [-0.4, -0.2) is 42.8 Å². The molecule has 6 nitrogen and oxygen atoms in total. The third-order valence-corrected chi connectivity index (χ3v) is 5.79. The molecule has 0 saturated carbocycles. The molecule has 0 aromatic heterocycles. The molecule has 33 heavy (non-hydrogen) atoms. The maximum absolute atomic E-state index is 14.9. The second-order valence-corrected chi connectivity index (χ2v) is 11.6. The summed E-state index contributed by atoms with van der Waals surface area (Å²) in [6, 6.07) is 4.71.